The summed E-state index contributed by atoms with van der Waals surface area (Å²) in [6.07, 6.45) is 0.0459. The molecule has 0 unspecified atom stereocenters. The maximum absolute atomic E-state index is 10.8. The lowest BCUT2D eigenvalue weighted by Gasteiger charge is -2.31. The number of carboxylic acid groups (broad SMARTS) is 1. The summed E-state index contributed by atoms with van der Waals surface area (Å²) >= 11 is 0. The van der Waals surface area contributed by atoms with Crippen LogP contribution >= 0.6 is 0 Å². The van der Waals surface area contributed by atoms with Crippen molar-refractivity contribution in [3.63, 3.8) is 0 Å². The lowest BCUT2D eigenvalue weighted by atomic mass is 10.0. The van der Waals surface area contributed by atoms with E-state index in [0.29, 0.717) is 6.73 Å². The Bertz CT molecular complexity index is 902. The Balaban J connectivity index is 1.64. The Labute approximate surface area is 139 Å². The number of hydrogen-bond acceptors (Lipinski definition) is 3. The van der Waals surface area contributed by atoms with Crippen LogP contribution < -0.4 is 9.64 Å². The predicted octanol–water partition coefficient (Wildman–Crippen LogP) is 3.82. The molecule has 3 aromatic rings. The van der Waals surface area contributed by atoms with Gasteiger partial charge in [-0.15, -0.1) is 0 Å². The first kappa shape index (κ1) is 14.6. The quantitative estimate of drug-likeness (QED) is 0.797. The first-order valence-electron chi connectivity index (χ1n) is 7.90. The number of aliphatic carboxylic acids is 1. The molecule has 3 aromatic carbocycles. The Hall–Kier alpha value is -3.01. The van der Waals surface area contributed by atoms with Crippen molar-refractivity contribution >= 4 is 22.4 Å². The normalized spacial score (nSPS) is 13.4. The minimum atomic E-state index is -0.815. The van der Waals surface area contributed by atoms with Crippen molar-refractivity contribution in [2.24, 2.45) is 0 Å². The fraction of sp³-hybridized carbons (Fsp3) is 0.150. The summed E-state index contributed by atoms with van der Waals surface area (Å²) in [5.74, 6) is 0.122. The predicted molar refractivity (Wildman–Crippen MR) is 93.4 cm³/mol. The fourth-order valence-corrected chi connectivity index (χ4v) is 3.16. The summed E-state index contributed by atoms with van der Waals surface area (Å²) in [6, 6.07) is 20.1. The SMILES string of the molecule is O=C(O)Cc1ccc(N2COc3ccc4ccccc4c3C2)cc1. The Morgan fingerprint density at radius 2 is 1.83 bits per heavy atom. The molecule has 0 saturated heterocycles. The zero-order valence-corrected chi connectivity index (χ0v) is 13.1. The summed E-state index contributed by atoms with van der Waals surface area (Å²) in [5.41, 5.74) is 3.02. The van der Waals surface area contributed by atoms with Crippen molar-refractivity contribution in [2.45, 2.75) is 13.0 Å². The van der Waals surface area contributed by atoms with E-state index in [0.717, 1.165) is 23.5 Å². The fourth-order valence-electron chi connectivity index (χ4n) is 3.16. The molecule has 0 bridgehead atoms. The van der Waals surface area contributed by atoms with Crippen LogP contribution in [0.2, 0.25) is 0 Å². The lowest BCUT2D eigenvalue weighted by Crippen LogP contribution is -2.31. The molecule has 0 aromatic heterocycles. The third-order valence-corrected chi connectivity index (χ3v) is 4.38. The number of carbonyl (C=O) groups is 1. The van der Waals surface area contributed by atoms with E-state index >= 15 is 0 Å². The maximum atomic E-state index is 10.8. The highest BCUT2D eigenvalue weighted by molar-refractivity contribution is 5.88. The van der Waals surface area contributed by atoms with Gasteiger partial charge in [-0.1, -0.05) is 42.5 Å². The largest absolute Gasteiger partial charge is 0.481 e. The van der Waals surface area contributed by atoms with Gasteiger partial charge < -0.3 is 14.7 Å². The van der Waals surface area contributed by atoms with Gasteiger partial charge in [0.15, 0.2) is 6.73 Å². The van der Waals surface area contributed by atoms with E-state index in [1.807, 2.05) is 42.5 Å². The van der Waals surface area contributed by atoms with E-state index in [1.165, 1.54) is 16.3 Å². The van der Waals surface area contributed by atoms with Gasteiger partial charge in [0.2, 0.25) is 0 Å². The van der Waals surface area contributed by atoms with Crippen LogP contribution in [-0.2, 0) is 17.8 Å². The van der Waals surface area contributed by atoms with E-state index in [-0.39, 0.29) is 6.42 Å². The number of fused-ring (bicyclic) bond motifs is 3. The van der Waals surface area contributed by atoms with Crippen LogP contribution in [0.15, 0.2) is 60.7 Å². The molecule has 4 heteroatoms. The first-order valence-corrected chi connectivity index (χ1v) is 7.90. The third-order valence-electron chi connectivity index (χ3n) is 4.38. The number of rotatable bonds is 3. The van der Waals surface area contributed by atoms with Crippen LogP contribution in [0.5, 0.6) is 5.75 Å². The van der Waals surface area contributed by atoms with Crippen LogP contribution in [0.25, 0.3) is 10.8 Å². The van der Waals surface area contributed by atoms with E-state index in [1.54, 1.807) is 0 Å². The third kappa shape index (κ3) is 2.67. The van der Waals surface area contributed by atoms with Gasteiger partial charge in [-0.2, -0.15) is 0 Å². The summed E-state index contributed by atoms with van der Waals surface area (Å²) in [6.45, 7) is 1.26. The molecule has 4 nitrogen and oxygen atoms in total. The number of hydrogen-bond donors (Lipinski definition) is 1. The highest BCUT2D eigenvalue weighted by Gasteiger charge is 2.19. The average Bonchev–Trinajstić information content (AvgIpc) is 2.61. The minimum absolute atomic E-state index is 0.0459. The number of anilines is 1. The molecule has 4 rings (SSSR count). The zero-order valence-electron chi connectivity index (χ0n) is 13.1. The molecule has 120 valence electrons. The zero-order chi connectivity index (χ0) is 16.5. The molecule has 0 amide bonds. The van der Waals surface area contributed by atoms with Crippen LogP contribution in [-0.4, -0.2) is 17.8 Å². The van der Waals surface area contributed by atoms with E-state index in [2.05, 4.69) is 23.1 Å². The summed E-state index contributed by atoms with van der Waals surface area (Å²) in [4.78, 5) is 12.9. The molecule has 0 aliphatic carbocycles. The second-order valence-corrected chi connectivity index (χ2v) is 5.97. The van der Waals surface area contributed by atoms with Gasteiger partial charge in [0.25, 0.3) is 0 Å². The summed E-state index contributed by atoms with van der Waals surface area (Å²) < 4.78 is 5.93. The topological polar surface area (TPSA) is 49.8 Å². The van der Waals surface area contributed by atoms with Gasteiger partial charge in [0.1, 0.15) is 5.75 Å². The smallest absolute Gasteiger partial charge is 0.307 e. The number of benzene rings is 3. The standard InChI is InChI=1S/C20H17NO3/c22-20(23)11-14-5-8-16(9-6-14)21-12-18-17-4-2-1-3-15(17)7-10-19(18)24-13-21/h1-10H,11-13H2,(H,22,23). The molecule has 0 atom stereocenters. The van der Waals surface area contributed by atoms with Crippen LogP contribution in [0, 0.1) is 0 Å². The van der Waals surface area contributed by atoms with E-state index in [4.69, 9.17) is 9.84 Å². The van der Waals surface area contributed by atoms with Crippen molar-refractivity contribution in [1.29, 1.82) is 0 Å². The summed E-state index contributed by atoms with van der Waals surface area (Å²) in [5, 5.41) is 11.3. The first-order chi connectivity index (χ1) is 11.7. The summed E-state index contributed by atoms with van der Waals surface area (Å²) in [7, 11) is 0. The van der Waals surface area contributed by atoms with Crippen molar-refractivity contribution in [2.75, 3.05) is 11.6 Å². The minimum Gasteiger partial charge on any atom is -0.481 e. The van der Waals surface area contributed by atoms with Crippen LogP contribution in [0.1, 0.15) is 11.1 Å². The number of carboxylic acids is 1. The van der Waals surface area contributed by atoms with Gasteiger partial charge in [-0.25, -0.2) is 0 Å². The molecule has 1 aliphatic heterocycles. The van der Waals surface area contributed by atoms with Crippen molar-refractivity contribution in [3.05, 3.63) is 71.8 Å². The van der Waals surface area contributed by atoms with Crippen LogP contribution in [0.3, 0.4) is 0 Å². The van der Waals surface area contributed by atoms with Crippen LogP contribution in [0.4, 0.5) is 5.69 Å². The van der Waals surface area contributed by atoms with Gasteiger partial charge in [-0.3, -0.25) is 4.79 Å². The molecule has 0 saturated carbocycles. The molecule has 24 heavy (non-hydrogen) atoms. The second kappa shape index (κ2) is 5.89. The van der Waals surface area contributed by atoms with Crippen molar-refractivity contribution in [1.82, 2.24) is 0 Å². The van der Waals surface area contributed by atoms with E-state index in [9.17, 15) is 4.79 Å². The van der Waals surface area contributed by atoms with Gasteiger partial charge in [0, 0.05) is 11.3 Å². The molecular formula is C20H17NO3. The molecule has 0 spiro atoms. The van der Waals surface area contributed by atoms with E-state index < -0.39 is 5.97 Å². The Morgan fingerprint density at radius 1 is 1.04 bits per heavy atom. The molecular weight excluding hydrogens is 302 g/mol. The monoisotopic (exact) mass is 319 g/mol. The highest BCUT2D eigenvalue weighted by atomic mass is 16.5. The molecule has 1 N–H and O–H groups in total. The van der Waals surface area contributed by atoms with Crippen molar-refractivity contribution < 1.29 is 14.6 Å². The molecule has 0 fully saturated rings. The maximum Gasteiger partial charge on any atom is 0.307 e. The van der Waals surface area contributed by atoms with Gasteiger partial charge >= 0.3 is 5.97 Å². The molecule has 0 radical (unpaired) electrons. The average molecular weight is 319 g/mol. The van der Waals surface area contributed by atoms with Gasteiger partial charge in [-0.05, 0) is 34.5 Å². The lowest BCUT2D eigenvalue weighted by molar-refractivity contribution is -0.136. The molecule has 1 aliphatic rings. The number of nitrogens with zero attached hydrogens (tertiary/aromatic N) is 1. The Morgan fingerprint density at radius 3 is 2.62 bits per heavy atom. The molecule has 1 heterocycles. The number of ether oxygens (including phenoxy) is 1. The van der Waals surface area contributed by atoms with Crippen molar-refractivity contribution in [3.8, 4) is 5.75 Å². The highest BCUT2D eigenvalue weighted by Crippen LogP contribution is 2.33. The Kier molecular flexibility index (Phi) is 3.58. The van der Waals surface area contributed by atoms with Gasteiger partial charge in [0.05, 0.1) is 13.0 Å². The second-order valence-electron chi connectivity index (χ2n) is 5.97.